The second kappa shape index (κ2) is 7.34. The summed E-state index contributed by atoms with van der Waals surface area (Å²) in [6.45, 7) is 4.07. The van der Waals surface area contributed by atoms with Crippen molar-refractivity contribution in [2.24, 2.45) is 5.92 Å². The number of rotatable bonds is 6. The van der Waals surface area contributed by atoms with Crippen molar-refractivity contribution in [1.82, 2.24) is 21.2 Å². The number of carbonyl (C=O) groups excluding carboxylic acids is 1. The van der Waals surface area contributed by atoms with E-state index in [1.807, 2.05) is 24.4 Å². The summed E-state index contributed by atoms with van der Waals surface area (Å²) in [6, 6.07) is 8.29. The second-order valence-electron chi connectivity index (χ2n) is 6.74. The molecule has 0 radical (unpaired) electrons. The van der Waals surface area contributed by atoms with Crippen LogP contribution in [0.4, 0.5) is 0 Å². The van der Waals surface area contributed by atoms with Crippen LogP contribution in [-0.2, 0) is 11.2 Å². The SMILES string of the molecule is CC1NNC(C)C1CC(=O)N[C@H](CO)Cc1c[nH]c2ccccc12. The maximum atomic E-state index is 12.4. The van der Waals surface area contributed by atoms with Crippen LogP contribution >= 0.6 is 0 Å². The van der Waals surface area contributed by atoms with Gasteiger partial charge in [0.15, 0.2) is 0 Å². The van der Waals surface area contributed by atoms with E-state index in [0.717, 1.165) is 16.5 Å². The van der Waals surface area contributed by atoms with Crippen molar-refractivity contribution in [2.75, 3.05) is 6.61 Å². The number of amides is 1. The monoisotopic (exact) mass is 330 g/mol. The average Bonchev–Trinajstić information content (AvgIpc) is 3.12. The molecule has 1 saturated heterocycles. The molecule has 1 amide bonds. The van der Waals surface area contributed by atoms with E-state index in [1.165, 1.54) is 0 Å². The quantitative estimate of drug-likeness (QED) is 0.548. The number of hydrogen-bond donors (Lipinski definition) is 5. The predicted octanol–water partition coefficient (Wildman–Crippen LogP) is 1.08. The number of aromatic amines is 1. The first-order valence-electron chi connectivity index (χ1n) is 8.54. The van der Waals surface area contributed by atoms with Gasteiger partial charge in [-0.1, -0.05) is 18.2 Å². The highest BCUT2D eigenvalue weighted by Crippen LogP contribution is 2.20. The highest BCUT2D eigenvalue weighted by Gasteiger charge is 2.31. The van der Waals surface area contributed by atoms with E-state index in [4.69, 9.17) is 0 Å². The van der Waals surface area contributed by atoms with Gasteiger partial charge in [0.2, 0.25) is 5.91 Å². The van der Waals surface area contributed by atoms with Gasteiger partial charge in [0, 0.05) is 41.5 Å². The second-order valence-corrected chi connectivity index (χ2v) is 6.74. The van der Waals surface area contributed by atoms with Crippen molar-refractivity contribution < 1.29 is 9.90 Å². The van der Waals surface area contributed by atoms with Crippen LogP contribution in [0.5, 0.6) is 0 Å². The molecule has 0 aliphatic carbocycles. The van der Waals surface area contributed by atoms with E-state index in [2.05, 4.69) is 41.1 Å². The lowest BCUT2D eigenvalue weighted by Crippen LogP contribution is -2.41. The van der Waals surface area contributed by atoms with E-state index in [0.29, 0.717) is 12.8 Å². The smallest absolute Gasteiger partial charge is 0.220 e. The van der Waals surface area contributed by atoms with Crippen molar-refractivity contribution in [1.29, 1.82) is 0 Å². The summed E-state index contributed by atoms with van der Waals surface area (Å²) in [5, 5.41) is 13.8. The van der Waals surface area contributed by atoms with Crippen LogP contribution < -0.4 is 16.2 Å². The number of fused-ring (bicyclic) bond motifs is 1. The molecule has 2 heterocycles. The molecule has 1 aliphatic rings. The molecule has 5 N–H and O–H groups in total. The Kier molecular flexibility index (Phi) is 5.18. The number of para-hydroxylation sites is 1. The number of H-pyrrole nitrogens is 1. The van der Waals surface area contributed by atoms with E-state index in [-0.39, 0.29) is 36.6 Å². The minimum Gasteiger partial charge on any atom is -0.394 e. The molecule has 1 aromatic carbocycles. The Morgan fingerprint density at radius 3 is 2.67 bits per heavy atom. The van der Waals surface area contributed by atoms with E-state index < -0.39 is 0 Å². The molecule has 6 nitrogen and oxygen atoms in total. The van der Waals surface area contributed by atoms with E-state index >= 15 is 0 Å². The Labute approximate surface area is 142 Å². The van der Waals surface area contributed by atoms with Crippen molar-refractivity contribution in [3.63, 3.8) is 0 Å². The van der Waals surface area contributed by atoms with Crippen LogP contribution in [0.25, 0.3) is 10.9 Å². The Bertz CT molecular complexity index is 689. The molecule has 6 heteroatoms. The number of hydrogen-bond acceptors (Lipinski definition) is 4. The number of hydrazine groups is 1. The minimum absolute atomic E-state index is 0.0110. The van der Waals surface area contributed by atoms with Crippen LogP contribution in [0.2, 0.25) is 0 Å². The van der Waals surface area contributed by atoms with Gasteiger partial charge in [0.05, 0.1) is 12.6 Å². The summed E-state index contributed by atoms with van der Waals surface area (Å²) in [6.07, 6.45) is 3.01. The zero-order valence-electron chi connectivity index (χ0n) is 14.2. The first kappa shape index (κ1) is 17.0. The first-order valence-corrected chi connectivity index (χ1v) is 8.54. The number of aliphatic hydroxyl groups excluding tert-OH is 1. The van der Waals surface area contributed by atoms with Crippen molar-refractivity contribution in [3.05, 3.63) is 36.0 Å². The molecule has 0 bridgehead atoms. The number of benzene rings is 1. The average molecular weight is 330 g/mol. The van der Waals surface area contributed by atoms with Crippen LogP contribution in [0.15, 0.2) is 30.5 Å². The van der Waals surface area contributed by atoms with Crippen LogP contribution in [0, 0.1) is 5.92 Å². The molecule has 1 fully saturated rings. The molecule has 1 aliphatic heterocycles. The van der Waals surface area contributed by atoms with Gasteiger partial charge in [-0.3, -0.25) is 15.6 Å². The number of carbonyl (C=O) groups is 1. The molecule has 0 spiro atoms. The summed E-state index contributed by atoms with van der Waals surface area (Å²) in [4.78, 5) is 15.6. The molecule has 24 heavy (non-hydrogen) atoms. The molecule has 3 rings (SSSR count). The summed E-state index contributed by atoms with van der Waals surface area (Å²) in [7, 11) is 0. The zero-order chi connectivity index (χ0) is 17.1. The van der Waals surface area contributed by atoms with Gasteiger partial charge < -0.3 is 15.4 Å². The number of nitrogens with one attached hydrogen (secondary N) is 4. The maximum absolute atomic E-state index is 12.4. The third-order valence-electron chi connectivity index (χ3n) is 4.97. The number of aromatic nitrogens is 1. The molecule has 2 unspecified atom stereocenters. The van der Waals surface area contributed by atoms with Gasteiger partial charge in [-0.15, -0.1) is 0 Å². The van der Waals surface area contributed by atoms with Gasteiger partial charge in [-0.05, 0) is 31.9 Å². The zero-order valence-corrected chi connectivity index (χ0v) is 14.2. The summed E-state index contributed by atoms with van der Waals surface area (Å²) in [5.74, 6) is 0.237. The van der Waals surface area contributed by atoms with Crippen LogP contribution in [0.1, 0.15) is 25.8 Å². The fourth-order valence-electron chi connectivity index (χ4n) is 3.49. The Hall–Kier alpha value is -1.89. The third-order valence-corrected chi connectivity index (χ3v) is 4.97. The van der Waals surface area contributed by atoms with Gasteiger partial charge in [0.25, 0.3) is 0 Å². The van der Waals surface area contributed by atoms with Crippen molar-refractivity contribution in [2.45, 2.75) is 44.8 Å². The fourth-order valence-corrected chi connectivity index (χ4v) is 3.49. The lowest BCUT2D eigenvalue weighted by atomic mass is 9.92. The predicted molar refractivity (Wildman–Crippen MR) is 94.3 cm³/mol. The molecule has 3 atom stereocenters. The largest absolute Gasteiger partial charge is 0.394 e. The van der Waals surface area contributed by atoms with E-state index in [9.17, 15) is 9.90 Å². The lowest BCUT2D eigenvalue weighted by molar-refractivity contribution is -0.123. The van der Waals surface area contributed by atoms with Crippen molar-refractivity contribution >= 4 is 16.8 Å². The molecular formula is C18H26N4O2. The fraction of sp³-hybridized carbons (Fsp3) is 0.500. The standard InChI is InChI=1S/C18H26N4O2/c1-11-16(12(2)22-21-11)8-18(24)20-14(10-23)7-13-9-19-17-6-4-3-5-15(13)17/h3-6,9,11-12,14,16,19,21-23H,7-8,10H2,1-2H3,(H,20,24)/t11?,12?,14-,16?/m0/s1. The van der Waals surface area contributed by atoms with Gasteiger partial charge >= 0.3 is 0 Å². The number of aliphatic hydroxyl groups is 1. The molecular weight excluding hydrogens is 304 g/mol. The molecule has 1 aromatic heterocycles. The van der Waals surface area contributed by atoms with Crippen LogP contribution in [0.3, 0.4) is 0 Å². The molecule has 0 saturated carbocycles. The topological polar surface area (TPSA) is 89.2 Å². The van der Waals surface area contributed by atoms with E-state index in [1.54, 1.807) is 0 Å². The van der Waals surface area contributed by atoms with Gasteiger partial charge in [-0.25, -0.2) is 0 Å². The van der Waals surface area contributed by atoms with Crippen molar-refractivity contribution in [3.8, 4) is 0 Å². The first-order chi connectivity index (χ1) is 11.6. The Morgan fingerprint density at radius 2 is 1.96 bits per heavy atom. The summed E-state index contributed by atoms with van der Waals surface area (Å²) < 4.78 is 0. The van der Waals surface area contributed by atoms with Crippen LogP contribution in [-0.4, -0.2) is 40.7 Å². The third kappa shape index (κ3) is 3.61. The Morgan fingerprint density at radius 1 is 1.25 bits per heavy atom. The normalized spacial score (nSPS) is 25.0. The van der Waals surface area contributed by atoms with Gasteiger partial charge in [0.1, 0.15) is 0 Å². The maximum Gasteiger partial charge on any atom is 0.220 e. The summed E-state index contributed by atoms with van der Waals surface area (Å²) >= 11 is 0. The molecule has 130 valence electrons. The summed E-state index contributed by atoms with van der Waals surface area (Å²) in [5.41, 5.74) is 8.51. The Balaban J connectivity index is 1.61. The highest BCUT2D eigenvalue weighted by molar-refractivity contribution is 5.83. The lowest BCUT2D eigenvalue weighted by Gasteiger charge is -2.20. The highest BCUT2D eigenvalue weighted by atomic mass is 16.3. The van der Waals surface area contributed by atoms with Gasteiger partial charge in [-0.2, -0.15) is 0 Å². The minimum atomic E-state index is -0.273. The molecule has 2 aromatic rings.